The molecule has 3 aliphatic rings. The third kappa shape index (κ3) is 4.65. The molecule has 11 heteroatoms. The van der Waals surface area contributed by atoms with E-state index < -0.39 is 47.9 Å². The molecule has 1 unspecified atom stereocenters. The number of anilines is 2. The summed E-state index contributed by atoms with van der Waals surface area (Å²) in [4.78, 5) is 28.3. The van der Waals surface area contributed by atoms with Gasteiger partial charge in [-0.25, -0.2) is 10.0 Å². The van der Waals surface area contributed by atoms with Crippen molar-refractivity contribution in [2.45, 2.75) is 55.0 Å². The van der Waals surface area contributed by atoms with Gasteiger partial charge in [0.25, 0.3) is 5.56 Å². The Morgan fingerprint density at radius 2 is 1.59 bits per heavy atom. The second-order valence-corrected chi connectivity index (χ2v) is 11.8. The van der Waals surface area contributed by atoms with Crippen LogP contribution in [0.15, 0.2) is 102 Å². The normalized spacial score (nSPS) is 26.3. The van der Waals surface area contributed by atoms with Gasteiger partial charge >= 0.3 is 0 Å². The Morgan fingerprint density at radius 3 is 2.11 bits per heavy atom. The minimum absolute atomic E-state index is 0.00354. The van der Waals surface area contributed by atoms with E-state index in [1.165, 1.54) is 18.5 Å². The zero-order valence-corrected chi connectivity index (χ0v) is 25.6. The van der Waals surface area contributed by atoms with Gasteiger partial charge in [0.1, 0.15) is 25.0 Å². The zero-order chi connectivity index (χ0) is 31.7. The van der Waals surface area contributed by atoms with Crippen molar-refractivity contribution in [3.05, 3.63) is 124 Å². The third-order valence-corrected chi connectivity index (χ3v) is 9.39. The number of aliphatic hydroxyl groups excluding tert-OH is 2. The first-order valence-corrected chi connectivity index (χ1v) is 15.6. The van der Waals surface area contributed by atoms with E-state index in [1.807, 2.05) is 95.9 Å². The van der Waals surface area contributed by atoms with Gasteiger partial charge in [0.2, 0.25) is 0 Å². The van der Waals surface area contributed by atoms with Crippen LogP contribution < -0.4 is 15.5 Å². The van der Waals surface area contributed by atoms with Gasteiger partial charge in [-0.2, -0.15) is 0 Å². The fraction of sp³-hybridized carbons (Fsp3) is 0.371. The quantitative estimate of drug-likeness (QED) is 0.238. The van der Waals surface area contributed by atoms with E-state index >= 15 is 0 Å². The highest BCUT2D eigenvalue weighted by atomic mass is 16.7. The molecule has 0 amide bonds. The number of fused-ring (bicyclic) bond motifs is 1. The Morgan fingerprint density at radius 1 is 0.978 bits per heavy atom. The highest BCUT2D eigenvalue weighted by molar-refractivity contribution is 5.73. The summed E-state index contributed by atoms with van der Waals surface area (Å²) >= 11 is 0. The molecule has 3 N–H and O–H groups in total. The van der Waals surface area contributed by atoms with Gasteiger partial charge in [0.15, 0.2) is 23.5 Å². The maximum absolute atomic E-state index is 13.4. The molecule has 0 bridgehead atoms. The van der Waals surface area contributed by atoms with Crippen LogP contribution in [0.4, 0.5) is 11.5 Å². The first-order chi connectivity index (χ1) is 22.6. The molecule has 240 valence electrons. The van der Waals surface area contributed by atoms with E-state index in [9.17, 15) is 15.0 Å². The number of rotatable bonds is 9. The monoisotopic (exact) mass is 626 g/mol. The molecule has 2 fully saturated rings. The van der Waals surface area contributed by atoms with Crippen LogP contribution in [0.1, 0.15) is 36.0 Å². The molecule has 0 saturated carbocycles. The molecule has 0 spiro atoms. The summed E-state index contributed by atoms with van der Waals surface area (Å²) in [6, 6.07) is 29.7. The van der Waals surface area contributed by atoms with Gasteiger partial charge in [0, 0.05) is 6.61 Å². The minimum atomic E-state index is -1.69. The lowest BCUT2D eigenvalue weighted by Gasteiger charge is -2.56. The molecule has 3 aliphatic heterocycles. The molecule has 4 heterocycles. The van der Waals surface area contributed by atoms with Gasteiger partial charge in [-0.05, 0) is 36.0 Å². The van der Waals surface area contributed by atoms with Gasteiger partial charge in [-0.3, -0.25) is 9.63 Å². The van der Waals surface area contributed by atoms with Gasteiger partial charge in [0.05, 0.1) is 25.5 Å². The van der Waals surface area contributed by atoms with Crippen LogP contribution in [0, 0.1) is 0 Å². The fourth-order valence-corrected chi connectivity index (χ4v) is 7.48. The molecule has 11 nitrogen and oxygen atoms in total. The molecular weight excluding hydrogens is 588 g/mol. The third-order valence-electron chi connectivity index (χ3n) is 9.39. The second kappa shape index (κ2) is 12.6. The zero-order valence-electron chi connectivity index (χ0n) is 25.6. The highest BCUT2D eigenvalue weighted by Gasteiger charge is 2.72. The minimum Gasteiger partial charge on any atom is -0.394 e. The molecule has 1 aromatic heterocycles. The van der Waals surface area contributed by atoms with E-state index in [4.69, 9.17) is 19.0 Å². The van der Waals surface area contributed by atoms with Crippen LogP contribution in [0.5, 0.6) is 0 Å². The summed E-state index contributed by atoms with van der Waals surface area (Å²) in [5.74, 6) is 0.279. The van der Waals surface area contributed by atoms with E-state index in [0.29, 0.717) is 13.0 Å². The highest BCUT2D eigenvalue weighted by Crippen LogP contribution is 2.59. The number of nitrogens with one attached hydrogen (secondary N) is 1. The number of ether oxygens (including phenoxy) is 3. The number of aromatic amines is 1. The van der Waals surface area contributed by atoms with Gasteiger partial charge < -0.3 is 34.3 Å². The number of hydrogen-bond donors (Lipinski definition) is 3. The van der Waals surface area contributed by atoms with Crippen LogP contribution in [0.3, 0.4) is 0 Å². The summed E-state index contributed by atoms with van der Waals surface area (Å²) in [6.45, 7) is 0.0313. The Bertz CT molecular complexity index is 1570. The molecule has 5 atom stereocenters. The van der Waals surface area contributed by atoms with Crippen molar-refractivity contribution in [3.63, 3.8) is 0 Å². The Labute approximate surface area is 266 Å². The van der Waals surface area contributed by atoms with Crippen molar-refractivity contribution >= 4 is 11.5 Å². The summed E-state index contributed by atoms with van der Waals surface area (Å²) in [7, 11) is 1.48. The van der Waals surface area contributed by atoms with Crippen LogP contribution in [0.25, 0.3) is 0 Å². The van der Waals surface area contributed by atoms with Crippen LogP contribution in [0.2, 0.25) is 0 Å². The van der Waals surface area contributed by atoms with Crippen LogP contribution in [-0.2, 0) is 24.5 Å². The second-order valence-electron chi connectivity index (χ2n) is 11.8. The Kier molecular flexibility index (Phi) is 8.36. The maximum Gasteiger partial charge on any atom is 0.278 e. The van der Waals surface area contributed by atoms with Crippen LogP contribution >= 0.6 is 0 Å². The molecule has 7 rings (SSSR count). The Balaban J connectivity index is 1.62. The number of aromatic nitrogens is 2. The summed E-state index contributed by atoms with van der Waals surface area (Å²) in [5, 5.41) is 24.4. The molecular formula is C35H38N4O7. The van der Waals surface area contributed by atoms with Crippen molar-refractivity contribution in [1.29, 1.82) is 0 Å². The first-order valence-electron chi connectivity index (χ1n) is 15.6. The number of benzene rings is 3. The standard InChI is InChI=1S/C35H38N4O7/c1-43-39-23-38(32-29(39)33(42)37-22-36-32)35(31(30(41)27(21-40)46-35)45-28-19-11-12-20-44-28)34(24-13-5-2-6-14-24,25-15-7-3-8-16-25)26-17-9-4-10-18-26/h2-10,13-18,22,27-28,30-31,40-41H,11-12,19-21,23H2,1H3,(H,36,37,42)/t27-,28?,30-,31-,35+/m1/s1. The van der Waals surface area contributed by atoms with Crippen molar-refractivity contribution in [2.24, 2.45) is 0 Å². The van der Waals surface area contributed by atoms with E-state index in [-0.39, 0.29) is 18.2 Å². The van der Waals surface area contributed by atoms with Crippen molar-refractivity contribution < 1.29 is 29.3 Å². The van der Waals surface area contributed by atoms with E-state index in [2.05, 4.69) is 9.97 Å². The number of H-pyrrole nitrogens is 1. The molecule has 3 aromatic carbocycles. The largest absolute Gasteiger partial charge is 0.394 e. The first kappa shape index (κ1) is 30.5. The summed E-state index contributed by atoms with van der Waals surface area (Å²) in [5.41, 5.74) is -0.666. The molecule has 0 aliphatic carbocycles. The van der Waals surface area contributed by atoms with Crippen molar-refractivity contribution in [3.8, 4) is 0 Å². The lowest BCUT2D eigenvalue weighted by atomic mass is 9.60. The fourth-order valence-electron chi connectivity index (χ4n) is 7.48. The van der Waals surface area contributed by atoms with E-state index in [0.717, 1.165) is 29.5 Å². The van der Waals surface area contributed by atoms with E-state index in [1.54, 1.807) is 0 Å². The molecule has 4 aromatic rings. The topological polar surface area (TPSA) is 130 Å². The van der Waals surface area contributed by atoms with Crippen molar-refractivity contribution in [2.75, 3.05) is 37.0 Å². The van der Waals surface area contributed by atoms with Crippen molar-refractivity contribution in [1.82, 2.24) is 9.97 Å². The molecule has 0 radical (unpaired) electrons. The lowest BCUT2D eigenvalue weighted by molar-refractivity contribution is -0.232. The van der Waals surface area contributed by atoms with Gasteiger partial charge in [-0.15, -0.1) is 0 Å². The summed E-state index contributed by atoms with van der Waals surface area (Å²) in [6.07, 6.45) is -0.361. The van der Waals surface area contributed by atoms with Gasteiger partial charge in [-0.1, -0.05) is 91.0 Å². The SMILES string of the molecule is CON1CN([C@]2(C(c3ccccc3)(c3ccccc3)c3ccccc3)O[C@H](CO)[C@@H](O)[C@H]2OC2CCCCO2)c2nc[nH]c(=O)c21. The number of hydroxylamine groups is 1. The molecule has 46 heavy (non-hydrogen) atoms. The lowest BCUT2D eigenvalue weighted by Crippen LogP contribution is -2.71. The summed E-state index contributed by atoms with van der Waals surface area (Å²) < 4.78 is 20.2. The number of nitrogens with zero attached hydrogens (tertiary/aromatic N) is 3. The van der Waals surface area contributed by atoms with Crippen LogP contribution in [-0.4, -0.2) is 77.5 Å². The maximum atomic E-state index is 13.4. The predicted octanol–water partition coefficient (Wildman–Crippen LogP) is 3.31. The Hall–Kier alpha value is -4.10. The average Bonchev–Trinajstić information content (AvgIpc) is 3.63. The number of hydrogen-bond acceptors (Lipinski definition) is 10. The molecule has 2 saturated heterocycles. The predicted molar refractivity (Wildman–Crippen MR) is 170 cm³/mol. The average molecular weight is 627 g/mol. The smallest absolute Gasteiger partial charge is 0.278 e. The number of aliphatic hydroxyl groups is 2.